The summed E-state index contributed by atoms with van der Waals surface area (Å²) in [4.78, 5) is 26.5. The van der Waals surface area contributed by atoms with Gasteiger partial charge in [0.05, 0.1) is 12.6 Å². The molecular formula is C18H22BrN3O3. The highest BCUT2D eigenvalue weighted by Gasteiger charge is 2.27. The molecule has 1 heterocycles. The van der Waals surface area contributed by atoms with Gasteiger partial charge < -0.3 is 9.64 Å². The largest absolute Gasteiger partial charge is 0.465 e. The molecule has 0 bridgehead atoms. The van der Waals surface area contributed by atoms with E-state index in [9.17, 15) is 9.59 Å². The van der Waals surface area contributed by atoms with Crippen LogP contribution in [0.3, 0.4) is 0 Å². The summed E-state index contributed by atoms with van der Waals surface area (Å²) in [5, 5.41) is 4.24. The van der Waals surface area contributed by atoms with Gasteiger partial charge >= 0.3 is 5.97 Å². The highest BCUT2D eigenvalue weighted by atomic mass is 79.9. The van der Waals surface area contributed by atoms with E-state index in [4.69, 9.17) is 4.74 Å². The molecule has 2 rings (SSSR count). The first-order chi connectivity index (χ1) is 11.8. The van der Waals surface area contributed by atoms with E-state index in [2.05, 4.69) is 21.0 Å². The highest BCUT2D eigenvalue weighted by Crippen LogP contribution is 2.25. The Morgan fingerprint density at radius 3 is 2.64 bits per heavy atom. The quantitative estimate of drug-likeness (QED) is 0.689. The summed E-state index contributed by atoms with van der Waals surface area (Å²) in [5.74, 6) is -0.741. The van der Waals surface area contributed by atoms with E-state index in [0.29, 0.717) is 5.69 Å². The van der Waals surface area contributed by atoms with E-state index in [0.717, 1.165) is 15.7 Å². The predicted octanol–water partition coefficient (Wildman–Crippen LogP) is 3.26. The molecule has 0 saturated carbocycles. The van der Waals surface area contributed by atoms with Crippen LogP contribution in [0.4, 0.5) is 0 Å². The summed E-state index contributed by atoms with van der Waals surface area (Å²) in [7, 11) is 1.78. The molecule has 1 aromatic carbocycles. The van der Waals surface area contributed by atoms with Crippen LogP contribution >= 0.6 is 15.9 Å². The summed E-state index contributed by atoms with van der Waals surface area (Å²) in [5.41, 5.74) is 2.10. The number of benzene rings is 1. The first-order valence-electron chi connectivity index (χ1n) is 8.06. The van der Waals surface area contributed by atoms with Crippen LogP contribution in [0.15, 0.2) is 34.8 Å². The topological polar surface area (TPSA) is 64.4 Å². The smallest absolute Gasteiger partial charge is 0.325 e. The predicted molar refractivity (Wildman–Crippen MR) is 98.2 cm³/mol. The number of carbonyl (C=O) groups excluding carboxylic acids is 2. The number of carbonyl (C=O) groups is 2. The SMILES string of the molecule is CCOC(=O)CN(C(=O)c1cc(C)n(C)n1)[C@@H](C)c1cccc(Br)c1. The number of ether oxygens (including phenoxy) is 1. The summed E-state index contributed by atoms with van der Waals surface area (Å²) in [6.45, 7) is 5.64. The molecular weight excluding hydrogens is 386 g/mol. The molecule has 1 atom stereocenters. The van der Waals surface area contributed by atoms with E-state index in [1.54, 1.807) is 24.7 Å². The van der Waals surface area contributed by atoms with Crippen molar-refractivity contribution in [1.29, 1.82) is 0 Å². The van der Waals surface area contributed by atoms with Crippen LogP contribution in [-0.2, 0) is 16.6 Å². The summed E-state index contributed by atoms with van der Waals surface area (Å²) in [6, 6.07) is 9.07. The van der Waals surface area contributed by atoms with Crippen molar-refractivity contribution in [3.8, 4) is 0 Å². The fourth-order valence-corrected chi connectivity index (χ4v) is 2.91. The van der Waals surface area contributed by atoms with Crippen LogP contribution in [0.1, 0.15) is 41.6 Å². The Kier molecular flexibility index (Phi) is 6.36. The van der Waals surface area contributed by atoms with Gasteiger partial charge in [0.2, 0.25) is 0 Å². The highest BCUT2D eigenvalue weighted by molar-refractivity contribution is 9.10. The zero-order valence-corrected chi connectivity index (χ0v) is 16.4. The van der Waals surface area contributed by atoms with Gasteiger partial charge in [0.15, 0.2) is 5.69 Å². The summed E-state index contributed by atoms with van der Waals surface area (Å²) < 4.78 is 7.58. The monoisotopic (exact) mass is 407 g/mol. The third-order valence-electron chi connectivity index (χ3n) is 4.00. The molecule has 0 unspecified atom stereocenters. The lowest BCUT2D eigenvalue weighted by atomic mass is 10.1. The minimum absolute atomic E-state index is 0.129. The van der Waals surface area contributed by atoms with Crippen molar-refractivity contribution in [2.45, 2.75) is 26.8 Å². The molecule has 0 fully saturated rings. The summed E-state index contributed by atoms with van der Waals surface area (Å²) in [6.07, 6.45) is 0. The Hall–Kier alpha value is -2.15. The van der Waals surface area contributed by atoms with Gasteiger partial charge in [-0.2, -0.15) is 5.10 Å². The molecule has 1 aromatic heterocycles. The molecule has 0 aliphatic rings. The van der Waals surface area contributed by atoms with Crippen LogP contribution in [0.5, 0.6) is 0 Å². The number of aryl methyl sites for hydroxylation is 2. The lowest BCUT2D eigenvalue weighted by Crippen LogP contribution is -2.38. The van der Waals surface area contributed by atoms with Gasteiger partial charge in [-0.05, 0) is 44.5 Å². The van der Waals surface area contributed by atoms with Crippen molar-refractivity contribution in [1.82, 2.24) is 14.7 Å². The van der Waals surface area contributed by atoms with Gasteiger partial charge in [-0.25, -0.2) is 0 Å². The molecule has 134 valence electrons. The van der Waals surface area contributed by atoms with E-state index in [-0.39, 0.29) is 25.1 Å². The number of halogens is 1. The van der Waals surface area contributed by atoms with Crippen LogP contribution in [0.25, 0.3) is 0 Å². The van der Waals surface area contributed by atoms with Crippen LogP contribution < -0.4 is 0 Å². The second-order valence-corrected chi connectivity index (χ2v) is 6.68. The average Bonchev–Trinajstić information content (AvgIpc) is 2.91. The molecule has 0 aliphatic carbocycles. The lowest BCUT2D eigenvalue weighted by Gasteiger charge is -2.28. The molecule has 0 radical (unpaired) electrons. The molecule has 0 aliphatic heterocycles. The molecule has 2 aromatic rings. The van der Waals surface area contributed by atoms with Crippen molar-refractivity contribution in [2.75, 3.05) is 13.2 Å². The molecule has 1 amide bonds. The number of aromatic nitrogens is 2. The number of esters is 1. The van der Waals surface area contributed by atoms with Crippen LogP contribution in [0, 0.1) is 6.92 Å². The second-order valence-electron chi connectivity index (χ2n) is 5.76. The molecule has 6 nitrogen and oxygen atoms in total. The van der Waals surface area contributed by atoms with E-state index >= 15 is 0 Å². The van der Waals surface area contributed by atoms with Crippen LogP contribution in [-0.4, -0.2) is 39.7 Å². The molecule has 0 N–H and O–H groups in total. The van der Waals surface area contributed by atoms with Gasteiger partial charge in [-0.1, -0.05) is 28.1 Å². The zero-order chi connectivity index (χ0) is 18.6. The Morgan fingerprint density at radius 2 is 2.08 bits per heavy atom. The van der Waals surface area contributed by atoms with E-state index < -0.39 is 5.97 Å². The van der Waals surface area contributed by atoms with Gasteiger partial charge in [0, 0.05) is 17.2 Å². The van der Waals surface area contributed by atoms with Crippen molar-refractivity contribution < 1.29 is 14.3 Å². The molecule has 0 saturated heterocycles. The third-order valence-corrected chi connectivity index (χ3v) is 4.49. The Balaban J connectivity index is 2.34. The second kappa shape index (κ2) is 8.29. The number of hydrogen-bond acceptors (Lipinski definition) is 4. The van der Waals surface area contributed by atoms with Crippen molar-refractivity contribution in [3.63, 3.8) is 0 Å². The van der Waals surface area contributed by atoms with Gasteiger partial charge in [-0.15, -0.1) is 0 Å². The summed E-state index contributed by atoms with van der Waals surface area (Å²) >= 11 is 3.44. The number of hydrogen-bond donors (Lipinski definition) is 0. The Morgan fingerprint density at radius 1 is 1.36 bits per heavy atom. The van der Waals surface area contributed by atoms with Gasteiger partial charge in [0.25, 0.3) is 5.91 Å². The average molecular weight is 408 g/mol. The standard InChI is InChI=1S/C18H22BrN3O3/c1-5-25-17(23)11-22(13(3)14-7-6-8-15(19)10-14)18(24)16-9-12(2)21(4)20-16/h6-10,13H,5,11H2,1-4H3/t13-/m0/s1. The fraction of sp³-hybridized carbons (Fsp3) is 0.389. The lowest BCUT2D eigenvalue weighted by molar-refractivity contribution is -0.144. The first-order valence-corrected chi connectivity index (χ1v) is 8.85. The minimum Gasteiger partial charge on any atom is -0.465 e. The Labute approximate surface area is 155 Å². The molecule has 25 heavy (non-hydrogen) atoms. The first kappa shape index (κ1) is 19.2. The maximum atomic E-state index is 13.0. The van der Waals surface area contributed by atoms with Crippen molar-refractivity contribution in [2.24, 2.45) is 7.05 Å². The maximum absolute atomic E-state index is 13.0. The Bertz CT molecular complexity index is 753. The zero-order valence-electron chi connectivity index (χ0n) is 14.8. The van der Waals surface area contributed by atoms with Crippen molar-refractivity contribution in [3.05, 3.63) is 51.8 Å². The van der Waals surface area contributed by atoms with Gasteiger partial charge in [0.1, 0.15) is 6.54 Å². The minimum atomic E-state index is -0.439. The molecule has 7 heteroatoms. The maximum Gasteiger partial charge on any atom is 0.325 e. The van der Waals surface area contributed by atoms with E-state index in [1.807, 2.05) is 38.1 Å². The number of nitrogens with zero attached hydrogens (tertiary/aromatic N) is 3. The van der Waals surface area contributed by atoms with Gasteiger partial charge in [-0.3, -0.25) is 14.3 Å². The molecule has 0 spiro atoms. The fourth-order valence-electron chi connectivity index (χ4n) is 2.49. The number of amides is 1. The number of rotatable bonds is 6. The van der Waals surface area contributed by atoms with Crippen LogP contribution in [0.2, 0.25) is 0 Å². The normalized spacial score (nSPS) is 11.9. The van der Waals surface area contributed by atoms with Crippen molar-refractivity contribution >= 4 is 27.8 Å². The van der Waals surface area contributed by atoms with E-state index in [1.165, 1.54) is 4.90 Å². The third kappa shape index (κ3) is 4.69.